The minimum Gasteiger partial charge on any atom is -0.457 e. The minimum absolute atomic E-state index is 0.434. The third-order valence-electron chi connectivity index (χ3n) is 3.03. The zero-order valence-electron chi connectivity index (χ0n) is 12.6. The SMILES string of the molecule is Cc1ccc(Oc2cc(C)ncc2CNC(C)C)cc1. The van der Waals surface area contributed by atoms with Crippen molar-refractivity contribution in [3.05, 3.63) is 53.3 Å². The van der Waals surface area contributed by atoms with Crippen molar-refractivity contribution in [1.82, 2.24) is 10.3 Å². The molecule has 0 spiro atoms. The highest BCUT2D eigenvalue weighted by molar-refractivity contribution is 5.38. The van der Waals surface area contributed by atoms with Crippen LogP contribution in [0.25, 0.3) is 0 Å². The highest BCUT2D eigenvalue weighted by atomic mass is 16.5. The number of aromatic nitrogens is 1. The molecule has 1 heterocycles. The molecule has 0 unspecified atom stereocenters. The average molecular weight is 270 g/mol. The van der Waals surface area contributed by atoms with Crippen LogP contribution in [-0.2, 0) is 6.54 Å². The molecule has 1 aromatic heterocycles. The van der Waals surface area contributed by atoms with Crippen molar-refractivity contribution in [2.24, 2.45) is 0 Å². The maximum atomic E-state index is 6.00. The molecule has 2 rings (SSSR count). The van der Waals surface area contributed by atoms with E-state index in [1.807, 2.05) is 31.3 Å². The van der Waals surface area contributed by atoms with Crippen LogP contribution < -0.4 is 10.1 Å². The summed E-state index contributed by atoms with van der Waals surface area (Å²) in [6, 6.07) is 10.5. The summed E-state index contributed by atoms with van der Waals surface area (Å²) < 4.78 is 6.00. The Labute approximate surface area is 121 Å². The van der Waals surface area contributed by atoms with Gasteiger partial charge < -0.3 is 10.1 Å². The van der Waals surface area contributed by atoms with Crippen LogP contribution in [0.4, 0.5) is 0 Å². The molecule has 1 aromatic carbocycles. The molecule has 0 amide bonds. The molecule has 106 valence electrons. The van der Waals surface area contributed by atoms with Gasteiger partial charge in [-0.1, -0.05) is 31.5 Å². The van der Waals surface area contributed by atoms with Gasteiger partial charge in [0.25, 0.3) is 0 Å². The van der Waals surface area contributed by atoms with Crippen molar-refractivity contribution < 1.29 is 4.74 Å². The topological polar surface area (TPSA) is 34.1 Å². The van der Waals surface area contributed by atoms with E-state index in [-0.39, 0.29) is 0 Å². The third-order valence-corrected chi connectivity index (χ3v) is 3.03. The fourth-order valence-corrected chi connectivity index (χ4v) is 1.84. The molecule has 0 saturated heterocycles. The van der Waals surface area contributed by atoms with E-state index in [4.69, 9.17) is 4.74 Å². The van der Waals surface area contributed by atoms with Gasteiger partial charge in [-0.25, -0.2) is 0 Å². The van der Waals surface area contributed by atoms with Crippen LogP contribution >= 0.6 is 0 Å². The van der Waals surface area contributed by atoms with Gasteiger partial charge in [-0.3, -0.25) is 4.98 Å². The van der Waals surface area contributed by atoms with Crippen LogP contribution in [0.1, 0.15) is 30.7 Å². The van der Waals surface area contributed by atoms with Crippen molar-refractivity contribution in [3.63, 3.8) is 0 Å². The van der Waals surface area contributed by atoms with Gasteiger partial charge in [-0.15, -0.1) is 0 Å². The minimum atomic E-state index is 0.434. The summed E-state index contributed by atoms with van der Waals surface area (Å²) in [4.78, 5) is 4.35. The van der Waals surface area contributed by atoms with Crippen molar-refractivity contribution in [2.45, 2.75) is 40.3 Å². The molecular formula is C17H22N2O. The van der Waals surface area contributed by atoms with Gasteiger partial charge >= 0.3 is 0 Å². The Hall–Kier alpha value is -1.87. The van der Waals surface area contributed by atoms with Crippen LogP contribution in [0.15, 0.2) is 36.5 Å². The lowest BCUT2D eigenvalue weighted by molar-refractivity contribution is 0.467. The Morgan fingerprint density at radius 3 is 2.50 bits per heavy atom. The number of benzene rings is 1. The van der Waals surface area contributed by atoms with E-state index < -0.39 is 0 Å². The second kappa shape index (κ2) is 6.53. The van der Waals surface area contributed by atoms with Crippen molar-refractivity contribution in [1.29, 1.82) is 0 Å². The molecule has 3 nitrogen and oxygen atoms in total. The van der Waals surface area contributed by atoms with Crippen molar-refractivity contribution in [2.75, 3.05) is 0 Å². The zero-order chi connectivity index (χ0) is 14.5. The first kappa shape index (κ1) is 14.5. The van der Waals surface area contributed by atoms with Gasteiger partial charge in [0.2, 0.25) is 0 Å². The number of aryl methyl sites for hydroxylation is 2. The van der Waals surface area contributed by atoms with E-state index in [9.17, 15) is 0 Å². The van der Waals surface area contributed by atoms with E-state index in [1.54, 1.807) is 0 Å². The lowest BCUT2D eigenvalue weighted by Gasteiger charge is -2.14. The molecule has 20 heavy (non-hydrogen) atoms. The Morgan fingerprint density at radius 2 is 1.85 bits per heavy atom. The van der Waals surface area contributed by atoms with Crippen LogP contribution in [0, 0.1) is 13.8 Å². The molecule has 0 radical (unpaired) electrons. The first-order chi connectivity index (χ1) is 9.54. The second-order valence-corrected chi connectivity index (χ2v) is 5.38. The molecule has 1 N–H and O–H groups in total. The molecule has 0 fully saturated rings. The predicted octanol–water partition coefficient (Wildman–Crippen LogP) is 3.99. The highest BCUT2D eigenvalue weighted by Gasteiger charge is 2.07. The Balaban J connectivity index is 2.20. The van der Waals surface area contributed by atoms with Gasteiger partial charge in [0.15, 0.2) is 0 Å². The number of hydrogen-bond donors (Lipinski definition) is 1. The average Bonchev–Trinajstić information content (AvgIpc) is 2.40. The number of rotatable bonds is 5. The van der Waals surface area contributed by atoms with Gasteiger partial charge in [-0.2, -0.15) is 0 Å². The number of nitrogens with one attached hydrogen (secondary N) is 1. The maximum Gasteiger partial charge on any atom is 0.135 e. The van der Waals surface area contributed by atoms with E-state index >= 15 is 0 Å². The normalized spacial score (nSPS) is 10.8. The predicted molar refractivity (Wildman–Crippen MR) is 82.2 cm³/mol. The van der Waals surface area contributed by atoms with E-state index in [0.717, 1.165) is 29.3 Å². The second-order valence-electron chi connectivity index (χ2n) is 5.38. The summed E-state index contributed by atoms with van der Waals surface area (Å²) in [5.74, 6) is 1.72. The fraction of sp³-hybridized carbons (Fsp3) is 0.353. The number of pyridine rings is 1. The Morgan fingerprint density at radius 1 is 1.15 bits per heavy atom. The van der Waals surface area contributed by atoms with E-state index in [1.165, 1.54) is 5.56 Å². The van der Waals surface area contributed by atoms with E-state index in [0.29, 0.717) is 6.04 Å². The molecule has 0 saturated carbocycles. The van der Waals surface area contributed by atoms with Gasteiger partial charge in [0.05, 0.1) is 0 Å². The summed E-state index contributed by atoms with van der Waals surface area (Å²) in [7, 11) is 0. The van der Waals surface area contributed by atoms with Crippen LogP contribution in [0.2, 0.25) is 0 Å². The first-order valence-corrected chi connectivity index (χ1v) is 6.98. The highest BCUT2D eigenvalue weighted by Crippen LogP contribution is 2.26. The van der Waals surface area contributed by atoms with Gasteiger partial charge in [0, 0.05) is 36.1 Å². The van der Waals surface area contributed by atoms with E-state index in [2.05, 4.69) is 43.2 Å². The molecular weight excluding hydrogens is 248 g/mol. The Bertz CT molecular complexity index is 562. The summed E-state index contributed by atoms with van der Waals surface area (Å²) >= 11 is 0. The lowest BCUT2D eigenvalue weighted by atomic mass is 10.2. The summed E-state index contributed by atoms with van der Waals surface area (Å²) in [6.07, 6.45) is 1.88. The van der Waals surface area contributed by atoms with Crippen molar-refractivity contribution >= 4 is 0 Å². The molecule has 0 bridgehead atoms. The molecule has 3 heteroatoms. The monoisotopic (exact) mass is 270 g/mol. The smallest absolute Gasteiger partial charge is 0.135 e. The summed E-state index contributed by atoms with van der Waals surface area (Å²) in [5.41, 5.74) is 3.26. The number of hydrogen-bond acceptors (Lipinski definition) is 3. The lowest BCUT2D eigenvalue weighted by Crippen LogP contribution is -2.22. The maximum absolute atomic E-state index is 6.00. The van der Waals surface area contributed by atoms with Crippen LogP contribution in [0.3, 0.4) is 0 Å². The summed E-state index contributed by atoms with van der Waals surface area (Å²) in [5, 5.41) is 3.40. The van der Waals surface area contributed by atoms with Crippen molar-refractivity contribution in [3.8, 4) is 11.5 Å². The molecule has 0 atom stereocenters. The standard InChI is InChI=1S/C17H22N2O/c1-12(2)18-10-15-11-19-14(4)9-17(15)20-16-7-5-13(3)6-8-16/h5-9,11-12,18H,10H2,1-4H3. The summed E-state index contributed by atoms with van der Waals surface area (Å²) in [6.45, 7) is 9.05. The zero-order valence-corrected chi connectivity index (χ0v) is 12.6. The number of ether oxygens (including phenoxy) is 1. The Kier molecular flexibility index (Phi) is 4.74. The molecule has 0 aliphatic carbocycles. The quantitative estimate of drug-likeness (QED) is 0.892. The van der Waals surface area contributed by atoms with Gasteiger partial charge in [0.1, 0.15) is 11.5 Å². The van der Waals surface area contributed by atoms with Gasteiger partial charge in [-0.05, 0) is 26.0 Å². The first-order valence-electron chi connectivity index (χ1n) is 6.98. The number of nitrogens with zero attached hydrogens (tertiary/aromatic N) is 1. The largest absolute Gasteiger partial charge is 0.457 e. The van der Waals surface area contributed by atoms with Crippen LogP contribution in [0.5, 0.6) is 11.5 Å². The third kappa shape index (κ3) is 4.07. The van der Waals surface area contributed by atoms with Crippen LogP contribution in [-0.4, -0.2) is 11.0 Å². The molecule has 0 aliphatic heterocycles. The molecule has 0 aliphatic rings. The molecule has 2 aromatic rings. The fourth-order valence-electron chi connectivity index (χ4n) is 1.84.